The lowest BCUT2D eigenvalue weighted by atomic mass is 10.0. The second-order valence-corrected chi connectivity index (χ2v) is 8.16. The van der Waals surface area contributed by atoms with E-state index in [0.717, 1.165) is 65.6 Å². The van der Waals surface area contributed by atoms with Gasteiger partial charge in [-0.3, -0.25) is 9.69 Å². The predicted octanol–water partition coefficient (Wildman–Crippen LogP) is 7.87. The van der Waals surface area contributed by atoms with E-state index in [9.17, 15) is 44.3 Å². The lowest BCUT2D eigenvalue weighted by Crippen LogP contribution is -2.29. The van der Waals surface area contributed by atoms with E-state index in [1.807, 2.05) is 0 Å². The fraction of sp³-hybridized carbons (Fsp3) is 0.200. The summed E-state index contributed by atoms with van der Waals surface area (Å²) in [4.78, 5) is 18.5. The molecule has 13 heteroatoms. The van der Waals surface area contributed by atoms with Crippen molar-refractivity contribution in [1.29, 1.82) is 0 Å². The average molecular weight is 546 g/mol. The number of ether oxygens (including phenoxy) is 1. The molecule has 1 aliphatic heterocycles. The Balaban J connectivity index is 1.74. The van der Waals surface area contributed by atoms with Gasteiger partial charge in [0.05, 0.1) is 22.9 Å². The lowest BCUT2D eigenvalue weighted by molar-refractivity contribution is -0.274. The molecule has 38 heavy (non-hydrogen) atoms. The first-order chi connectivity index (χ1) is 17.6. The highest BCUT2D eigenvalue weighted by Gasteiger charge is 2.40. The van der Waals surface area contributed by atoms with Crippen LogP contribution in [-0.4, -0.2) is 18.0 Å². The number of carbonyl (C=O) groups is 1. The molecular weight excluding hydrogens is 531 g/mol. The van der Waals surface area contributed by atoms with Crippen molar-refractivity contribution >= 4 is 23.0 Å². The zero-order valence-corrected chi connectivity index (χ0v) is 18.8. The molecule has 4 nitrogen and oxygen atoms in total. The van der Waals surface area contributed by atoms with Crippen LogP contribution in [0.15, 0.2) is 77.8 Å². The topological polar surface area (TPSA) is 41.9 Å². The Hall–Kier alpha value is -4.03. The minimum Gasteiger partial charge on any atom is -0.406 e. The van der Waals surface area contributed by atoms with Gasteiger partial charge in [-0.2, -0.15) is 26.3 Å². The Bertz CT molecular complexity index is 1340. The number of nitrogens with zero attached hydrogens (tertiary/aromatic N) is 2. The van der Waals surface area contributed by atoms with Gasteiger partial charge in [0.1, 0.15) is 11.5 Å². The van der Waals surface area contributed by atoms with Gasteiger partial charge >= 0.3 is 18.7 Å². The third kappa shape index (κ3) is 6.09. The van der Waals surface area contributed by atoms with Crippen molar-refractivity contribution in [2.75, 3.05) is 4.90 Å². The summed E-state index contributed by atoms with van der Waals surface area (Å²) in [6, 6.07) is 10.9. The van der Waals surface area contributed by atoms with Gasteiger partial charge in [-0.1, -0.05) is 12.1 Å². The van der Waals surface area contributed by atoms with Crippen LogP contribution < -0.4 is 9.64 Å². The zero-order chi connectivity index (χ0) is 27.9. The number of carbonyl (C=O) groups excluding carboxylic acids is 1. The number of alkyl halides is 9. The first-order valence-electron chi connectivity index (χ1n) is 10.7. The van der Waals surface area contributed by atoms with Gasteiger partial charge in [-0.15, -0.1) is 13.2 Å². The van der Waals surface area contributed by atoms with Crippen LogP contribution in [0.25, 0.3) is 0 Å². The van der Waals surface area contributed by atoms with Crippen molar-refractivity contribution in [3.8, 4) is 5.75 Å². The fourth-order valence-electron chi connectivity index (χ4n) is 3.91. The van der Waals surface area contributed by atoms with Crippen molar-refractivity contribution in [1.82, 2.24) is 0 Å². The van der Waals surface area contributed by atoms with Gasteiger partial charge < -0.3 is 4.74 Å². The Morgan fingerprint density at radius 2 is 1.32 bits per heavy atom. The van der Waals surface area contributed by atoms with Gasteiger partial charge in [0.25, 0.3) is 5.91 Å². The molecule has 3 aromatic rings. The third-order valence-corrected chi connectivity index (χ3v) is 5.57. The molecule has 200 valence electrons. The molecule has 1 unspecified atom stereocenters. The van der Waals surface area contributed by atoms with Crippen LogP contribution in [0.3, 0.4) is 0 Å². The van der Waals surface area contributed by atoms with Gasteiger partial charge in [0, 0.05) is 12.1 Å². The summed E-state index contributed by atoms with van der Waals surface area (Å²) in [7, 11) is 0. The number of aliphatic imine (C=N–C) groups is 1. The number of rotatable bonds is 4. The maximum Gasteiger partial charge on any atom is 0.573 e. The van der Waals surface area contributed by atoms with Crippen molar-refractivity contribution in [3.63, 3.8) is 0 Å². The predicted molar refractivity (Wildman–Crippen MR) is 118 cm³/mol. The van der Waals surface area contributed by atoms with E-state index in [4.69, 9.17) is 0 Å². The van der Waals surface area contributed by atoms with Crippen LogP contribution in [0.5, 0.6) is 5.75 Å². The Morgan fingerprint density at radius 1 is 0.763 bits per heavy atom. The molecule has 1 heterocycles. The quantitative estimate of drug-likeness (QED) is 0.313. The first-order valence-corrected chi connectivity index (χ1v) is 10.7. The molecule has 1 fully saturated rings. The number of benzene rings is 3. The Kier molecular flexibility index (Phi) is 6.89. The summed E-state index contributed by atoms with van der Waals surface area (Å²) in [6.45, 7) is 0. The molecule has 1 amide bonds. The van der Waals surface area contributed by atoms with Crippen molar-refractivity contribution in [2.45, 2.75) is 31.2 Å². The van der Waals surface area contributed by atoms with Crippen molar-refractivity contribution in [2.24, 2.45) is 4.99 Å². The molecule has 0 bridgehead atoms. The Labute approximate surface area is 209 Å². The highest BCUT2D eigenvalue weighted by molar-refractivity contribution is 6.46. The van der Waals surface area contributed by atoms with Crippen LogP contribution in [0, 0.1) is 0 Å². The molecule has 0 saturated carbocycles. The standard InChI is InChI=1S/C25H15F9N2O2/c26-23(27,28)15-4-8-17(9-5-15)35-20-13-21(14-2-1-3-19(12-14)38-25(32,33)34)36(22(20)37)18-10-6-16(7-11-18)24(29,30)31/h1-12,21H,13H2. The summed E-state index contributed by atoms with van der Waals surface area (Å²) in [5.74, 6) is -1.36. The number of hydrogen-bond acceptors (Lipinski definition) is 3. The first kappa shape index (κ1) is 27.0. The summed E-state index contributed by atoms with van der Waals surface area (Å²) in [5, 5.41) is 0. The molecule has 0 N–H and O–H groups in total. The number of amides is 1. The maximum atomic E-state index is 13.3. The molecule has 1 saturated heterocycles. The van der Waals surface area contributed by atoms with E-state index in [1.54, 1.807) is 0 Å². The largest absolute Gasteiger partial charge is 0.573 e. The SMILES string of the molecule is O=C1C(=Nc2ccc(C(F)(F)F)cc2)CC(c2cccc(OC(F)(F)F)c2)N1c1ccc(C(F)(F)F)cc1. The summed E-state index contributed by atoms with van der Waals surface area (Å²) in [5.41, 5.74) is -1.90. The minimum absolute atomic E-state index is 0.00326. The average Bonchev–Trinajstić information content (AvgIpc) is 3.13. The number of halogens is 9. The van der Waals surface area contributed by atoms with Crippen molar-refractivity contribution < 1.29 is 49.0 Å². The number of hydrogen-bond donors (Lipinski definition) is 0. The van der Waals surface area contributed by atoms with E-state index >= 15 is 0 Å². The monoisotopic (exact) mass is 546 g/mol. The highest BCUT2D eigenvalue weighted by atomic mass is 19.4. The third-order valence-electron chi connectivity index (χ3n) is 5.57. The van der Waals surface area contributed by atoms with Gasteiger partial charge in [-0.05, 0) is 66.2 Å². The van der Waals surface area contributed by atoms with Crippen LogP contribution in [-0.2, 0) is 17.1 Å². The van der Waals surface area contributed by atoms with Gasteiger partial charge in [0.2, 0.25) is 0 Å². The zero-order valence-electron chi connectivity index (χ0n) is 18.8. The summed E-state index contributed by atoms with van der Waals surface area (Å²) < 4.78 is 120. The molecule has 1 atom stereocenters. The molecule has 4 rings (SSSR count). The minimum atomic E-state index is -4.99. The highest BCUT2D eigenvalue weighted by Crippen LogP contribution is 2.40. The van der Waals surface area contributed by atoms with Crippen LogP contribution in [0.1, 0.15) is 29.2 Å². The fourth-order valence-corrected chi connectivity index (χ4v) is 3.91. The molecule has 0 spiro atoms. The van der Waals surface area contributed by atoms with E-state index < -0.39 is 47.5 Å². The van der Waals surface area contributed by atoms with Gasteiger partial charge in [0.15, 0.2) is 0 Å². The summed E-state index contributed by atoms with van der Waals surface area (Å²) in [6.07, 6.45) is -14.4. The normalized spacial score (nSPS) is 17.8. The summed E-state index contributed by atoms with van der Waals surface area (Å²) >= 11 is 0. The smallest absolute Gasteiger partial charge is 0.406 e. The van der Waals surface area contributed by atoms with Crippen LogP contribution in [0.2, 0.25) is 0 Å². The van der Waals surface area contributed by atoms with E-state index in [-0.39, 0.29) is 29.1 Å². The molecule has 0 aliphatic carbocycles. The Morgan fingerprint density at radius 3 is 1.84 bits per heavy atom. The second kappa shape index (κ2) is 9.69. The molecule has 3 aromatic carbocycles. The van der Waals surface area contributed by atoms with Crippen LogP contribution in [0.4, 0.5) is 50.9 Å². The van der Waals surface area contributed by atoms with Crippen LogP contribution >= 0.6 is 0 Å². The van der Waals surface area contributed by atoms with E-state index in [1.165, 1.54) is 12.1 Å². The maximum absolute atomic E-state index is 13.3. The van der Waals surface area contributed by atoms with E-state index in [2.05, 4.69) is 9.73 Å². The lowest BCUT2D eigenvalue weighted by Gasteiger charge is -2.25. The second-order valence-electron chi connectivity index (χ2n) is 8.16. The van der Waals surface area contributed by atoms with E-state index in [0.29, 0.717) is 0 Å². The molecular formula is C25H15F9N2O2. The molecule has 0 aromatic heterocycles. The van der Waals surface area contributed by atoms with Crippen molar-refractivity contribution in [3.05, 3.63) is 89.5 Å². The molecule has 1 aliphatic rings. The number of anilines is 1. The van der Waals surface area contributed by atoms with Gasteiger partial charge in [-0.25, -0.2) is 4.99 Å². The molecule has 0 radical (unpaired) electrons.